The van der Waals surface area contributed by atoms with Crippen LogP contribution in [0.4, 0.5) is 10.5 Å². The molecule has 4 aliphatic rings. The van der Waals surface area contributed by atoms with E-state index in [4.69, 9.17) is 9.47 Å². The first kappa shape index (κ1) is 30.6. The molecule has 0 spiro atoms. The number of epoxide rings is 1. The van der Waals surface area contributed by atoms with E-state index < -0.39 is 52.9 Å². The Morgan fingerprint density at radius 2 is 1.81 bits per heavy atom. The largest absolute Gasteiger partial charge is 0.507 e. The third-order valence-electron chi connectivity index (χ3n) is 8.79. The van der Waals surface area contributed by atoms with E-state index in [1.165, 1.54) is 37.3 Å². The number of carbonyl (C=O) groups excluding carboxylic acids is 3. The topological polar surface area (TPSA) is 158 Å². The average Bonchev–Trinajstić information content (AvgIpc) is 3.80. The standard InChI is InChI=1S/C36H28N2O8S/c1-20(39)35-27-11-7-2-3-8-12-28(41)36(35,46-35)25-18-26(40)29-30(31(25)38-27)32(42)23-14-13-21(17-24(23)33(29)43)19-37-34(44)45-15-16-47-22-9-5-4-6-10-22/h2-6,9-10,13-14,17-18,20,27-28,38-41H,15-16,19H2,1H3,(H,37,44)/b3-2-/t20-,27?,28-,35+,36+/m1/s1. The van der Waals surface area contributed by atoms with E-state index >= 15 is 0 Å². The molecule has 47 heavy (non-hydrogen) atoms. The molecule has 11 heteroatoms. The van der Waals surface area contributed by atoms with Gasteiger partial charge in [0, 0.05) is 33.9 Å². The summed E-state index contributed by atoms with van der Waals surface area (Å²) in [4.78, 5) is 41.4. The number of carbonyl (C=O) groups is 3. The second kappa shape index (κ2) is 11.6. The van der Waals surface area contributed by atoms with E-state index in [-0.39, 0.29) is 46.7 Å². The van der Waals surface area contributed by atoms with E-state index in [0.717, 1.165) is 4.90 Å². The molecule has 3 aromatic rings. The zero-order valence-electron chi connectivity index (χ0n) is 25.0. The van der Waals surface area contributed by atoms with Crippen LogP contribution in [0, 0.1) is 23.7 Å². The van der Waals surface area contributed by atoms with E-state index in [0.29, 0.717) is 11.3 Å². The Bertz CT molecular complexity index is 2000. The van der Waals surface area contributed by atoms with Crippen molar-refractivity contribution in [3.63, 3.8) is 0 Å². The summed E-state index contributed by atoms with van der Waals surface area (Å²) in [7, 11) is 0. The van der Waals surface area contributed by atoms with Crippen molar-refractivity contribution in [3.05, 3.63) is 100 Å². The Morgan fingerprint density at radius 1 is 1.06 bits per heavy atom. The van der Waals surface area contributed by atoms with Crippen LogP contribution in [0.15, 0.2) is 71.6 Å². The van der Waals surface area contributed by atoms with Gasteiger partial charge >= 0.3 is 6.09 Å². The average molecular weight is 649 g/mol. The highest BCUT2D eigenvalue weighted by Gasteiger charge is 2.82. The molecule has 0 saturated carbocycles. The van der Waals surface area contributed by atoms with Gasteiger partial charge < -0.3 is 35.4 Å². The number of hydrogen-bond acceptors (Lipinski definition) is 10. The number of allylic oxidation sites excluding steroid dienone is 2. The molecule has 2 aliphatic carbocycles. The van der Waals surface area contributed by atoms with Crippen molar-refractivity contribution in [2.24, 2.45) is 0 Å². The number of aliphatic hydroxyl groups excluding tert-OH is 2. The number of amides is 1. The number of ketones is 2. The van der Waals surface area contributed by atoms with Gasteiger partial charge in [0.1, 0.15) is 18.4 Å². The fraction of sp³-hybridized carbons (Fsp3) is 0.250. The number of thioether (sulfide) groups is 1. The quantitative estimate of drug-likeness (QED) is 0.0663. The predicted molar refractivity (Wildman–Crippen MR) is 172 cm³/mol. The van der Waals surface area contributed by atoms with Gasteiger partial charge in [-0.25, -0.2) is 4.79 Å². The number of benzene rings is 3. The van der Waals surface area contributed by atoms with Crippen LogP contribution in [-0.4, -0.2) is 69.2 Å². The lowest BCUT2D eigenvalue weighted by molar-refractivity contribution is 0.0867. The van der Waals surface area contributed by atoms with Gasteiger partial charge in [0.15, 0.2) is 28.9 Å². The molecule has 236 valence electrons. The minimum atomic E-state index is -1.64. The highest BCUT2D eigenvalue weighted by Crippen LogP contribution is 2.67. The van der Waals surface area contributed by atoms with Crippen molar-refractivity contribution in [2.75, 3.05) is 17.7 Å². The zero-order chi connectivity index (χ0) is 32.9. The number of phenols is 1. The van der Waals surface area contributed by atoms with Crippen LogP contribution in [0.2, 0.25) is 0 Å². The van der Waals surface area contributed by atoms with Crippen molar-refractivity contribution in [1.29, 1.82) is 0 Å². The Hall–Kier alpha value is -5.04. The van der Waals surface area contributed by atoms with Crippen molar-refractivity contribution in [3.8, 4) is 29.4 Å². The molecule has 3 aromatic carbocycles. The van der Waals surface area contributed by atoms with Crippen molar-refractivity contribution < 1.29 is 39.2 Å². The van der Waals surface area contributed by atoms with Crippen LogP contribution < -0.4 is 10.6 Å². The molecule has 5 N–H and O–H groups in total. The molecule has 5 atom stereocenters. The Morgan fingerprint density at radius 3 is 2.57 bits per heavy atom. The minimum absolute atomic E-state index is 0.0407. The summed E-state index contributed by atoms with van der Waals surface area (Å²) in [5, 5.41) is 39.3. The lowest BCUT2D eigenvalue weighted by Gasteiger charge is -2.37. The van der Waals surface area contributed by atoms with Crippen molar-refractivity contribution in [1.82, 2.24) is 5.32 Å². The molecule has 2 heterocycles. The molecule has 1 saturated heterocycles. The number of ether oxygens (including phenoxy) is 2. The highest BCUT2D eigenvalue weighted by molar-refractivity contribution is 7.99. The van der Waals surface area contributed by atoms with E-state index in [1.54, 1.807) is 17.8 Å². The molecule has 1 unspecified atom stereocenters. The fourth-order valence-corrected chi connectivity index (χ4v) is 7.38. The molecule has 1 fully saturated rings. The first-order chi connectivity index (χ1) is 22.7. The normalized spacial score (nSPS) is 25.4. The van der Waals surface area contributed by atoms with Gasteiger partial charge in [0.05, 0.1) is 22.9 Å². The molecule has 0 aromatic heterocycles. The van der Waals surface area contributed by atoms with E-state index in [9.17, 15) is 29.7 Å². The summed E-state index contributed by atoms with van der Waals surface area (Å²) in [6.45, 7) is 1.75. The number of nitrogens with one attached hydrogen (secondary N) is 2. The van der Waals surface area contributed by atoms with Gasteiger partial charge in [-0.2, -0.15) is 0 Å². The Kier molecular flexibility index (Phi) is 7.58. The third kappa shape index (κ3) is 4.79. The summed E-state index contributed by atoms with van der Waals surface area (Å²) in [5.41, 5.74) is -2.32. The number of anilines is 1. The molecule has 2 aliphatic heterocycles. The summed E-state index contributed by atoms with van der Waals surface area (Å²) in [6.07, 6.45) is -0.256. The molecule has 2 bridgehead atoms. The number of hydrogen-bond donors (Lipinski definition) is 5. The summed E-state index contributed by atoms with van der Waals surface area (Å²) < 4.78 is 11.4. The summed E-state index contributed by atoms with van der Waals surface area (Å²) >= 11 is 1.56. The second-order valence-corrected chi connectivity index (χ2v) is 12.6. The van der Waals surface area contributed by atoms with Crippen LogP contribution in [0.25, 0.3) is 0 Å². The van der Waals surface area contributed by atoms with Gasteiger partial charge in [-0.05, 0) is 55.0 Å². The summed E-state index contributed by atoms with van der Waals surface area (Å²) in [5.74, 6) is 10.2. The molecular formula is C36H28N2O8S. The fourth-order valence-electron chi connectivity index (χ4n) is 6.63. The number of aromatic hydroxyl groups is 1. The lowest BCUT2D eigenvalue weighted by Crippen LogP contribution is -2.54. The van der Waals surface area contributed by atoms with Crippen LogP contribution in [0.5, 0.6) is 5.75 Å². The minimum Gasteiger partial charge on any atom is -0.507 e. The molecule has 1 amide bonds. The van der Waals surface area contributed by atoms with Crippen LogP contribution in [0.1, 0.15) is 49.9 Å². The van der Waals surface area contributed by atoms with Crippen LogP contribution in [-0.2, 0) is 21.6 Å². The predicted octanol–water partition coefficient (Wildman–Crippen LogP) is 3.26. The van der Waals surface area contributed by atoms with Crippen LogP contribution >= 0.6 is 11.8 Å². The van der Waals surface area contributed by atoms with Gasteiger partial charge in [-0.3, -0.25) is 9.59 Å². The first-order valence-corrected chi connectivity index (χ1v) is 15.9. The molecule has 7 rings (SSSR count). The Labute approximate surface area is 274 Å². The molecule has 10 nitrogen and oxygen atoms in total. The molecule has 0 radical (unpaired) electrons. The summed E-state index contributed by atoms with van der Waals surface area (Å²) in [6, 6.07) is 14.7. The first-order valence-electron chi connectivity index (χ1n) is 14.9. The number of aliphatic hydroxyl groups is 2. The van der Waals surface area contributed by atoms with Gasteiger partial charge in [-0.15, -0.1) is 11.8 Å². The zero-order valence-corrected chi connectivity index (χ0v) is 25.8. The van der Waals surface area contributed by atoms with Gasteiger partial charge in [0.25, 0.3) is 0 Å². The lowest BCUT2D eigenvalue weighted by atomic mass is 9.69. The Balaban J connectivity index is 1.16. The maximum Gasteiger partial charge on any atom is 0.407 e. The highest BCUT2D eigenvalue weighted by atomic mass is 32.2. The smallest absolute Gasteiger partial charge is 0.407 e. The van der Waals surface area contributed by atoms with Crippen LogP contribution in [0.3, 0.4) is 0 Å². The number of alkyl carbamates (subject to hydrolysis) is 1. The number of phenolic OH excluding ortho intramolecular Hbond substituents is 1. The van der Waals surface area contributed by atoms with E-state index in [2.05, 4.69) is 34.3 Å². The van der Waals surface area contributed by atoms with Crippen molar-refractivity contribution in [2.45, 2.75) is 47.8 Å². The maximum atomic E-state index is 14.1. The molecular weight excluding hydrogens is 620 g/mol. The second-order valence-electron chi connectivity index (χ2n) is 11.5. The van der Waals surface area contributed by atoms with Crippen molar-refractivity contribution >= 4 is 35.1 Å². The maximum absolute atomic E-state index is 14.1. The number of rotatable bonds is 7. The van der Waals surface area contributed by atoms with Gasteiger partial charge in [-0.1, -0.05) is 47.9 Å². The SMILES string of the molecule is C[C@@H](O)[C@@]12O[C@]13c1cc(O)c4c(c1NC2C#C/C=C\C#C[C@H]3O)C(=O)c1ccc(CNC(=O)OCCSc2ccccc2)cc1C4=O. The third-order valence-corrected chi connectivity index (χ3v) is 9.77. The van der Waals surface area contributed by atoms with Gasteiger partial charge in [0.2, 0.25) is 0 Å². The number of fused-ring (bicyclic) bond motifs is 4. The van der Waals surface area contributed by atoms with E-state index in [1.807, 2.05) is 30.3 Å². The monoisotopic (exact) mass is 648 g/mol.